The Morgan fingerprint density at radius 2 is 2.24 bits per heavy atom. The van der Waals surface area contributed by atoms with Crippen LogP contribution in [0.15, 0.2) is 18.2 Å². The summed E-state index contributed by atoms with van der Waals surface area (Å²) in [6, 6.07) is 5.84. The first-order valence-electron chi connectivity index (χ1n) is 7.65. The van der Waals surface area contributed by atoms with Gasteiger partial charge in [-0.2, -0.15) is 0 Å². The molecule has 1 aromatic rings. The van der Waals surface area contributed by atoms with Gasteiger partial charge >= 0.3 is 0 Å². The molecule has 0 aromatic heterocycles. The van der Waals surface area contributed by atoms with Gasteiger partial charge in [-0.25, -0.2) is 0 Å². The van der Waals surface area contributed by atoms with Crippen molar-refractivity contribution in [1.82, 2.24) is 5.32 Å². The van der Waals surface area contributed by atoms with Crippen LogP contribution in [0, 0.1) is 11.3 Å². The smallest absolute Gasteiger partial charge is 0.122 e. The van der Waals surface area contributed by atoms with Crippen LogP contribution in [0.4, 0.5) is 0 Å². The fourth-order valence-corrected chi connectivity index (χ4v) is 3.10. The molecular weight excluding hydrogens is 286 g/mol. The van der Waals surface area contributed by atoms with E-state index >= 15 is 0 Å². The topological polar surface area (TPSA) is 30.5 Å². The average Bonchev–Trinajstić information content (AvgIpc) is 2.87. The minimum Gasteiger partial charge on any atom is -0.496 e. The van der Waals surface area contributed by atoms with E-state index in [0.717, 1.165) is 49.9 Å². The Morgan fingerprint density at radius 1 is 1.43 bits per heavy atom. The van der Waals surface area contributed by atoms with Crippen molar-refractivity contribution in [1.29, 1.82) is 0 Å². The van der Waals surface area contributed by atoms with Crippen molar-refractivity contribution in [3.63, 3.8) is 0 Å². The van der Waals surface area contributed by atoms with Gasteiger partial charge in [-0.05, 0) is 49.1 Å². The van der Waals surface area contributed by atoms with Gasteiger partial charge in [0.25, 0.3) is 0 Å². The Bertz CT molecular complexity index is 456. The number of halogens is 1. The number of rotatable bonds is 7. The molecule has 1 N–H and O–H groups in total. The molecule has 2 rings (SSSR count). The molecule has 1 saturated heterocycles. The molecule has 0 aliphatic carbocycles. The molecule has 0 bridgehead atoms. The Labute approximate surface area is 133 Å². The molecule has 1 heterocycles. The lowest BCUT2D eigenvalue weighted by atomic mass is 9.80. The summed E-state index contributed by atoms with van der Waals surface area (Å²) in [5.74, 6) is 1.57. The lowest BCUT2D eigenvalue weighted by molar-refractivity contribution is 0.148. The standard InChI is InChI=1S/C17H26ClNO2/c1-13(2)10-19-11-17(6-7-21-12-17)9-14-8-15(18)4-5-16(14)20-3/h4-5,8,13,19H,6-7,9-12H2,1-3H3. The highest BCUT2D eigenvalue weighted by Gasteiger charge is 2.35. The first-order chi connectivity index (χ1) is 10.0. The quantitative estimate of drug-likeness (QED) is 0.835. The molecule has 21 heavy (non-hydrogen) atoms. The highest BCUT2D eigenvalue weighted by Crippen LogP contribution is 2.36. The third-order valence-electron chi connectivity index (χ3n) is 4.05. The minimum atomic E-state index is 0.146. The van der Waals surface area contributed by atoms with Crippen molar-refractivity contribution in [3.05, 3.63) is 28.8 Å². The molecule has 4 heteroatoms. The van der Waals surface area contributed by atoms with E-state index in [-0.39, 0.29) is 5.41 Å². The zero-order valence-corrected chi connectivity index (χ0v) is 14.0. The van der Waals surface area contributed by atoms with E-state index in [9.17, 15) is 0 Å². The SMILES string of the molecule is COc1ccc(Cl)cc1CC1(CNCC(C)C)CCOC1. The van der Waals surface area contributed by atoms with Crippen LogP contribution in [0.2, 0.25) is 5.02 Å². The van der Waals surface area contributed by atoms with Crippen molar-refractivity contribution in [2.45, 2.75) is 26.7 Å². The van der Waals surface area contributed by atoms with Gasteiger partial charge in [0.1, 0.15) is 5.75 Å². The van der Waals surface area contributed by atoms with Crippen LogP contribution >= 0.6 is 11.6 Å². The van der Waals surface area contributed by atoms with Crippen molar-refractivity contribution < 1.29 is 9.47 Å². The van der Waals surface area contributed by atoms with Gasteiger partial charge in [0.05, 0.1) is 13.7 Å². The molecule has 1 aliphatic rings. The van der Waals surface area contributed by atoms with Crippen LogP contribution in [0.1, 0.15) is 25.8 Å². The minimum absolute atomic E-state index is 0.146. The summed E-state index contributed by atoms with van der Waals surface area (Å²) in [6.07, 6.45) is 2.01. The largest absolute Gasteiger partial charge is 0.496 e. The average molecular weight is 312 g/mol. The predicted octanol–water partition coefficient (Wildman–Crippen LogP) is 3.54. The Balaban J connectivity index is 2.10. The Kier molecular flexibility index (Phi) is 5.91. The number of hydrogen-bond acceptors (Lipinski definition) is 3. The van der Waals surface area contributed by atoms with Gasteiger partial charge < -0.3 is 14.8 Å². The molecular formula is C17H26ClNO2. The number of methoxy groups -OCH3 is 1. The van der Waals surface area contributed by atoms with E-state index in [4.69, 9.17) is 21.1 Å². The fraction of sp³-hybridized carbons (Fsp3) is 0.647. The Morgan fingerprint density at radius 3 is 2.86 bits per heavy atom. The first-order valence-corrected chi connectivity index (χ1v) is 8.03. The molecule has 0 spiro atoms. The van der Waals surface area contributed by atoms with E-state index in [2.05, 4.69) is 19.2 Å². The maximum atomic E-state index is 6.15. The second kappa shape index (κ2) is 7.48. The van der Waals surface area contributed by atoms with Crippen LogP contribution in [0.25, 0.3) is 0 Å². The van der Waals surface area contributed by atoms with Gasteiger partial charge in [-0.15, -0.1) is 0 Å². The van der Waals surface area contributed by atoms with E-state index in [1.54, 1.807) is 7.11 Å². The molecule has 1 unspecified atom stereocenters. The maximum Gasteiger partial charge on any atom is 0.122 e. The fourth-order valence-electron chi connectivity index (χ4n) is 2.91. The van der Waals surface area contributed by atoms with E-state index in [1.165, 1.54) is 5.56 Å². The first kappa shape index (κ1) is 16.6. The van der Waals surface area contributed by atoms with E-state index in [1.807, 2.05) is 18.2 Å². The molecule has 0 radical (unpaired) electrons. The zero-order chi connectivity index (χ0) is 15.3. The highest BCUT2D eigenvalue weighted by molar-refractivity contribution is 6.30. The molecule has 3 nitrogen and oxygen atoms in total. The summed E-state index contributed by atoms with van der Waals surface area (Å²) in [7, 11) is 1.71. The molecule has 1 aromatic carbocycles. The van der Waals surface area contributed by atoms with Crippen molar-refractivity contribution in [3.8, 4) is 5.75 Å². The summed E-state index contributed by atoms with van der Waals surface area (Å²) in [6.45, 7) is 8.10. The predicted molar refractivity (Wildman–Crippen MR) is 87.3 cm³/mol. The monoisotopic (exact) mass is 311 g/mol. The second-order valence-corrected chi connectivity index (χ2v) is 6.90. The second-order valence-electron chi connectivity index (χ2n) is 6.46. The summed E-state index contributed by atoms with van der Waals surface area (Å²) in [4.78, 5) is 0. The Hall–Kier alpha value is -0.770. The normalized spacial score (nSPS) is 22.0. The molecule has 1 aliphatic heterocycles. The number of ether oxygens (including phenoxy) is 2. The highest BCUT2D eigenvalue weighted by atomic mass is 35.5. The molecule has 118 valence electrons. The van der Waals surface area contributed by atoms with Gasteiger partial charge in [0.15, 0.2) is 0 Å². The summed E-state index contributed by atoms with van der Waals surface area (Å²) in [5, 5.41) is 4.35. The molecule has 0 saturated carbocycles. The summed E-state index contributed by atoms with van der Waals surface area (Å²) >= 11 is 6.15. The lowest BCUT2D eigenvalue weighted by Crippen LogP contribution is -2.38. The molecule has 0 amide bonds. The number of hydrogen-bond donors (Lipinski definition) is 1. The van der Waals surface area contributed by atoms with Gasteiger partial charge in [0, 0.05) is 23.6 Å². The van der Waals surface area contributed by atoms with Crippen molar-refractivity contribution in [2.24, 2.45) is 11.3 Å². The number of nitrogens with one attached hydrogen (secondary N) is 1. The van der Waals surface area contributed by atoms with E-state index in [0.29, 0.717) is 5.92 Å². The summed E-state index contributed by atoms with van der Waals surface area (Å²) < 4.78 is 11.2. The maximum absolute atomic E-state index is 6.15. The van der Waals surface area contributed by atoms with Crippen LogP contribution in [-0.4, -0.2) is 33.4 Å². The summed E-state index contributed by atoms with van der Waals surface area (Å²) in [5.41, 5.74) is 1.31. The third kappa shape index (κ3) is 4.60. The van der Waals surface area contributed by atoms with Crippen LogP contribution in [0.3, 0.4) is 0 Å². The van der Waals surface area contributed by atoms with Crippen LogP contribution < -0.4 is 10.1 Å². The zero-order valence-electron chi connectivity index (χ0n) is 13.2. The van der Waals surface area contributed by atoms with Gasteiger partial charge in [0.2, 0.25) is 0 Å². The van der Waals surface area contributed by atoms with Crippen LogP contribution in [-0.2, 0) is 11.2 Å². The van der Waals surface area contributed by atoms with Gasteiger partial charge in [-0.3, -0.25) is 0 Å². The van der Waals surface area contributed by atoms with Gasteiger partial charge in [-0.1, -0.05) is 25.4 Å². The lowest BCUT2D eigenvalue weighted by Gasteiger charge is -2.29. The third-order valence-corrected chi connectivity index (χ3v) is 4.28. The van der Waals surface area contributed by atoms with Crippen molar-refractivity contribution >= 4 is 11.6 Å². The van der Waals surface area contributed by atoms with Crippen molar-refractivity contribution in [2.75, 3.05) is 33.4 Å². The molecule has 1 atom stereocenters. The van der Waals surface area contributed by atoms with Crippen LogP contribution in [0.5, 0.6) is 5.75 Å². The molecule has 1 fully saturated rings. The van der Waals surface area contributed by atoms with E-state index < -0.39 is 0 Å². The number of benzene rings is 1.